The van der Waals surface area contributed by atoms with Gasteiger partial charge in [0.15, 0.2) is 0 Å². The van der Waals surface area contributed by atoms with E-state index in [4.69, 9.17) is 0 Å². The molecule has 2 aromatic rings. The Hall–Kier alpha value is -1.80. The Labute approximate surface area is 110 Å². The molecule has 2 N–H and O–H groups in total. The first-order valence-electron chi connectivity index (χ1n) is 5.51. The number of aromatic nitrogens is 3. The van der Waals surface area contributed by atoms with E-state index in [1.807, 2.05) is 0 Å². The molecule has 0 unspecified atom stereocenters. The van der Waals surface area contributed by atoms with Crippen molar-refractivity contribution >= 4 is 10.0 Å². The van der Waals surface area contributed by atoms with Crippen LogP contribution in [-0.4, -0.2) is 23.6 Å². The number of H-pyrrole nitrogens is 1. The first-order chi connectivity index (χ1) is 8.90. The fourth-order valence-corrected chi connectivity index (χ4v) is 3.31. The van der Waals surface area contributed by atoms with E-state index in [0.29, 0.717) is 17.0 Å². The van der Waals surface area contributed by atoms with Crippen LogP contribution in [-0.2, 0) is 16.6 Å². The lowest BCUT2D eigenvalue weighted by molar-refractivity contribution is 0.576. The standard InChI is InChI=1S/C11H13FN4O2S/c1-7-3-9(12)4-8(2)11(7)19(17,18)15-5-10-13-6-14-16-10/h3-4,6,15H,5H2,1-2H3,(H,13,14,16). The van der Waals surface area contributed by atoms with Crippen LogP contribution in [0.3, 0.4) is 0 Å². The smallest absolute Gasteiger partial charge is 0.241 e. The molecule has 0 bridgehead atoms. The van der Waals surface area contributed by atoms with Crippen LogP contribution in [0.25, 0.3) is 0 Å². The summed E-state index contributed by atoms with van der Waals surface area (Å²) in [6.45, 7) is 3.11. The molecule has 0 radical (unpaired) electrons. The van der Waals surface area contributed by atoms with Crippen LogP contribution in [0.4, 0.5) is 4.39 Å². The van der Waals surface area contributed by atoms with E-state index in [9.17, 15) is 12.8 Å². The average molecular weight is 284 g/mol. The number of hydrogen-bond donors (Lipinski definition) is 2. The van der Waals surface area contributed by atoms with Gasteiger partial charge in [0.2, 0.25) is 10.0 Å². The van der Waals surface area contributed by atoms with Crippen LogP contribution in [0, 0.1) is 19.7 Å². The van der Waals surface area contributed by atoms with Crippen molar-refractivity contribution in [3.63, 3.8) is 0 Å². The maximum atomic E-state index is 13.2. The Morgan fingerprint density at radius 1 is 1.32 bits per heavy atom. The lowest BCUT2D eigenvalue weighted by Crippen LogP contribution is -2.25. The second-order valence-electron chi connectivity index (χ2n) is 4.13. The molecule has 0 saturated carbocycles. The maximum absolute atomic E-state index is 13.2. The lowest BCUT2D eigenvalue weighted by Gasteiger charge is -2.11. The van der Waals surface area contributed by atoms with Crippen LogP contribution in [0.1, 0.15) is 17.0 Å². The normalized spacial score (nSPS) is 11.7. The van der Waals surface area contributed by atoms with E-state index < -0.39 is 15.8 Å². The summed E-state index contributed by atoms with van der Waals surface area (Å²) in [7, 11) is -3.72. The fourth-order valence-electron chi connectivity index (χ4n) is 1.87. The minimum Gasteiger partial charge on any atom is -0.262 e. The van der Waals surface area contributed by atoms with Gasteiger partial charge in [0.25, 0.3) is 0 Å². The number of nitrogens with one attached hydrogen (secondary N) is 2. The van der Waals surface area contributed by atoms with E-state index in [-0.39, 0.29) is 11.4 Å². The molecule has 0 aliphatic carbocycles. The number of aryl methyl sites for hydroxylation is 2. The Kier molecular flexibility index (Phi) is 3.63. The number of rotatable bonds is 4. The van der Waals surface area contributed by atoms with Crippen LogP contribution in [0.15, 0.2) is 23.4 Å². The molecule has 0 aliphatic heterocycles. The Bertz CT molecular complexity index is 660. The Balaban J connectivity index is 2.29. The van der Waals surface area contributed by atoms with Gasteiger partial charge in [-0.15, -0.1) is 0 Å². The highest BCUT2D eigenvalue weighted by molar-refractivity contribution is 7.89. The molecule has 0 atom stereocenters. The van der Waals surface area contributed by atoms with E-state index in [1.54, 1.807) is 13.8 Å². The summed E-state index contributed by atoms with van der Waals surface area (Å²) in [5.74, 6) is -0.0508. The van der Waals surface area contributed by atoms with E-state index in [0.717, 1.165) is 0 Å². The third-order valence-electron chi connectivity index (χ3n) is 2.59. The van der Waals surface area contributed by atoms with E-state index in [2.05, 4.69) is 19.9 Å². The number of benzene rings is 1. The zero-order chi connectivity index (χ0) is 14.0. The van der Waals surface area contributed by atoms with Crippen LogP contribution < -0.4 is 4.72 Å². The molecule has 102 valence electrons. The monoisotopic (exact) mass is 284 g/mol. The van der Waals surface area contributed by atoms with Crippen molar-refractivity contribution in [1.29, 1.82) is 0 Å². The average Bonchev–Trinajstić information content (AvgIpc) is 2.77. The number of halogens is 1. The van der Waals surface area contributed by atoms with Gasteiger partial charge in [0.1, 0.15) is 18.0 Å². The van der Waals surface area contributed by atoms with E-state index in [1.165, 1.54) is 18.5 Å². The summed E-state index contributed by atoms with van der Waals surface area (Å²) < 4.78 is 39.9. The second-order valence-corrected chi connectivity index (χ2v) is 5.83. The lowest BCUT2D eigenvalue weighted by atomic mass is 10.1. The minimum absolute atomic E-state index is 0.00140. The van der Waals surface area contributed by atoms with Crippen molar-refractivity contribution in [2.45, 2.75) is 25.3 Å². The van der Waals surface area contributed by atoms with Crippen molar-refractivity contribution in [3.05, 3.63) is 41.2 Å². The maximum Gasteiger partial charge on any atom is 0.241 e. The molecular weight excluding hydrogens is 271 g/mol. The molecule has 2 rings (SSSR count). The third-order valence-corrected chi connectivity index (χ3v) is 4.29. The quantitative estimate of drug-likeness (QED) is 0.878. The highest BCUT2D eigenvalue weighted by atomic mass is 32.2. The number of sulfonamides is 1. The van der Waals surface area contributed by atoms with Gasteiger partial charge in [-0.05, 0) is 37.1 Å². The number of hydrogen-bond acceptors (Lipinski definition) is 4. The van der Waals surface area contributed by atoms with Gasteiger partial charge in [0, 0.05) is 0 Å². The van der Waals surface area contributed by atoms with Crippen molar-refractivity contribution < 1.29 is 12.8 Å². The largest absolute Gasteiger partial charge is 0.262 e. The summed E-state index contributed by atoms with van der Waals surface area (Å²) in [4.78, 5) is 3.91. The molecule has 1 aromatic heterocycles. The molecule has 0 aliphatic rings. The molecular formula is C11H13FN4O2S. The Morgan fingerprint density at radius 3 is 2.47 bits per heavy atom. The molecule has 8 heteroatoms. The summed E-state index contributed by atoms with van der Waals surface area (Å²) in [6, 6.07) is 2.38. The van der Waals surface area contributed by atoms with Crippen LogP contribution in [0.2, 0.25) is 0 Å². The van der Waals surface area contributed by atoms with Gasteiger partial charge in [-0.25, -0.2) is 22.5 Å². The predicted octanol–water partition coefficient (Wildman–Crippen LogP) is 1.04. The molecule has 19 heavy (non-hydrogen) atoms. The number of nitrogens with zero attached hydrogens (tertiary/aromatic N) is 2. The zero-order valence-corrected chi connectivity index (χ0v) is 11.3. The summed E-state index contributed by atoms with van der Waals surface area (Å²) in [6.07, 6.45) is 1.29. The van der Waals surface area contributed by atoms with Gasteiger partial charge in [-0.3, -0.25) is 5.10 Å². The van der Waals surface area contributed by atoms with E-state index >= 15 is 0 Å². The van der Waals surface area contributed by atoms with Gasteiger partial charge < -0.3 is 0 Å². The van der Waals surface area contributed by atoms with Crippen molar-refractivity contribution in [2.75, 3.05) is 0 Å². The van der Waals surface area contributed by atoms with Crippen LogP contribution in [0.5, 0.6) is 0 Å². The molecule has 0 spiro atoms. The molecule has 0 saturated heterocycles. The molecule has 1 heterocycles. The third kappa shape index (κ3) is 2.96. The Morgan fingerprint density at radius 2 is 1.95 bits per heavy atom. The minimum atomic E-state index is -3.72. The van der Waals surface area contributed by atoms with Crippen molar-refractivity contribution in [2.24, 2.45) is 0 Å². The number of aromatic amines is 1. The van der Waals surface area contributed by atoms with Crippen molar-refractivity contribution in [1.82, 2.24) is 19.9 Å². The second kappa shape index (κ2) is 5.06. The molecule has 0 fully saturated rings. The summed E-state index contributed by atoms with van der Waals surface area (Å²) in [5.41, 5.74) is 0.727. The fraction of sp³-hybridized carbons (Fsp3) is 0.273. The zero-order valence-electron chi connectivity index (χ0n) is 10.4. The van der Waals surface area contributed by atoms with Gasteiger partial charge >= 0.3 is 0 Å². The van der Waals surface area contributed by atoms with Crippen LogP contribution >= 0.6 is 0 Å². The highest BCUT2D eigenvalue weighted by Crippen LogP contribution is 2.21. The highest BCUT2D eigenvalue weighted by Gasteiger charge is 2.20. The molecule has 6 nitrogen and oxygen atoms in total. The SMILES string of the molecule is Cc1cc(F)cc(C)c1S(=O)(=O)NCc1ncn[nH]1. The van der Waals surface area contributed by atoms with Crippen molar-refractivity contribution in [3.8, 4) is 0 Å². The van der Waals surface area contributed by atoms with Gasteiger partial charge in [-0.1, -0.05) is 0 Å². The summed E-state index contributed by atoms with van der Waals surface area (Å²) in [5, 5.41) is 6.17. The molecule has 0 amide bonds. The predicted molar refractivity (Wildman–Crippen MR) is 66.3 cm³/mol. The summed E-state index contributed by atoms with van der Waals surface area (Å²) >= 11 is 0. The van der Waals surface area contributed by atoms with Gasteiger partial charge in [-0.2, -0.15) is 5.10 Å². The van der Waals surface area contributed by atoms with Gasteiger partial charge in [0.05, 0.1) is 11.4 Å². The topological polar surface area (TPSA) is 87.7 Å². The first kappa shape index (κ1) is 13.6. The first-order valence-corrected chi connectivity index (χ1v) is 6.99. The molecule has 1 aromatic carbocycles.